The predicted molar refractivity (Wildman–Crippen MR) is 123 cm³/mol. The summed E-state index contributed by atoms with van der Waals surface area (Å²) < 4.78 is 5.58. The average Bonchev–Trinajstić information content (AvgIpc) is 3.48. The number of rotatable bonds is 5. The van der Waals surface area contributed by atoms with Gasteiger partial charge in [-0.15, -0.1) is 0 Å². The lowest BCUT2D eigenvalue weighted by Gasteiger charge is -2.43. The third kappa shape index (κ3) is 5.25. The van der Waals surface area contributed by atoms with E-state index in [4.69, 9.17) is 4.74 Å². The Morgan fingerprint density at radius 3 is 2.67 bits per heavy atom. The SMILES string of the molecule is CN=C(NCC1(N2CCOCC2)CCSC1)NC1CCN(C(=O)C2CCCCC2)C1. The van der Waals surface area contributed by atoms with Crippen molar-refractivity contribution in [3.05, 3.63) is 0 Å². The van der Waals surface area contributed by atoms with Gasteiger partial charge >= 0.3 is 0 Å². The van der Waals surface area contributed by atoms with Crippen molar-refractivity contribution >= 4 is 23.6 Å². The minimum Gasteiger partial charge on any atom is -0.379 e. The first-order chi connectivity index (χ1) is 14.7. The van der Waals surface area contributed by atoms with Crippen LogP contribution >= 0.6 is 11.8 Å². The summed E-state index contributed by atoms with van der Waals surface area (Å²) in [5.74, 6) is 3.92. The number of thioether (sulfide) groups is 1. The Morgan fingerprint density at radius 1 is 1.17 bits per heavy atom. The molecule has 4 rings (SSSR count). The van der Waals surface area contributed by atoms with Gasteiger partial charge in [-0.05, 0) is 31.4 Å². The molecule has 4 aliphatic rings. The number of hydrogen-bond donors (Lipinski definition) is 2. The first-order valence-corrected chi connectivity index (χ1v) is 13.0. The molecule has 2 unspecified atom stereocenters. The molecule has 2 atom stereocenters. The standard InChI is InChI=1S/C22H39N5O2S/c1-23-21(24-16-22(8-14-30-17-22)27-10-12-29-13-11-27)25-19-7-9-26(15-19)20(28)18-5-3-2-4-6-18/h18-19H,2-17H2,1H3,(H2,23,24,25). The van der Waals surface area contributed by atoms with Crippen LogP contribution in [-0.4, -0.2) is 97.7 Å². The van der Waals surface area contributed by atoms with Crippen molar-refractivity contribution < 1.29 is 9.53 Å². The number of aliphatic imine (C=N–C) groups is 1. The Labute approximate surface area is 185 Å². The summed E-state index contributed by atoms with van der Waals surface area (Å²) in [4.78, 5) is 22.1. The highest BCUT2D eigenvalue weighted by Crippen LogP contribution is 2.33. The number of ether oxygens (including phenoxy) is 1. The van der Waals surface area contributed by atoms with Crippen molar-refractivity contribution in [3.63, 3.8) is 0 Å². The van der Waals surface area contributed by atoms with E-state index in [1.54, 1.807) is 0 Å². The number of nitrogens with zero attached hydrogens (tertiary/aromatic N) is 3. The molecule has 0 aromatic carbocycles. The molecule has 30 heavy (non-hydrogen) atoms. The largest absolute Gasteiger partial charge is 0.379 e. The van der Waals surface area contributed by atoms with Crippen LogP contribution in [-0.2, 0) is 9.53 Å². The van der Waals surface area contributed by atoms with Crippen molar-refractivity contribution in [2.45, 2.75) is 56.5 Å². The molecule has 8 heteroatoms. The Bertz CT molecular complexity index is 598. The fourth-order valence-corrected chi connectivity index (χ4v) is 6.93. The number of likely N-dealkylation sites (tertiary alicyclic amines) is 1. The summed E-state index contributed by atoms with van der Waals surface area (Å²) in [6.45, 7) is 6.32. The van der Waals surface area contributed by atoms with E-state index in [9.17, 15) is 4.79 Å². The second-order valence-corrected chi connectivity index (χ2v) is 10.4. The van der Waals surface area contributed by atoms with Crippen LogP contribution in [0.4, 0.5) is 0 Å². The van der Waals surface area contributed by atoms with Gasteiger partial charge in [-0.25, -0.2) is 0 Å². The highest BCUT2D eigenvalue weighted by Gasteiger charge is 2.41. The summed E-state index contributed by atoms with van der Waals surface area (Å²) >= 11 is 2.06. The molecule has 0 aromatic heterocycles. The molecule has 3 saturated heterocycles. The third-order valence-electron chi connectivity index (χ3n) is 7.37. The molecule has 0 spiro atoms. The highest BCUT2D eigenvalue weighted by atomic mass is 32.2. The zero-order valence-corrected chi connectivity index (χ0v) is 19.4. The summed E-state index contributed by atoms with van der Waals surface area (Å²) in [6, 6.07) is 0.293. The maximum absolute atomic E-state index is 12.9. The van der Waals surface area contributed by atoms with E-state index < -0.39 is 0 Å². The number of amides is 1. The van der Waals surface area contributed by atoms with Gasteiger partial charge < -0.3 is 20.3 Å². The lowest BCUT2D eigenvalue weighted by atomic mass is 9.88. The number of carbonyl (C=O) groups is 1. The molecule has 1 saturated carbocycles. The van der Waals surface area contributed by atoms with Gasteiger partial charge in [-0.1, -0.05) is 19.3 Å². The van der Waals surface area contributed by atoms with Crippen LogP contribution in [0.5, 0.6) is 0 Å². The molecular weight excluding hydrogens is 398 g/mol. The van der Waals surface area contributed by atoms with Crippen LogP contribution in [0.2, 0.25) is 0 Å². The van der Waals surface area contributed by atoms with E-state index in [1.807, 2.05) is 7.05 Å². The molecule has 3 heterocycles. The van der Waals surface area contributed by atoms with E-state index in [1.165, 1.54) is 37.2 Å². The molecule has 2 N–H and O–H groups in total. The minimum absolute atomic E-state index is 0.199. The quantitative estimate of drug-likeness (QED) is 0.502. The molecule has 170 valence electrons. The first kappa shape index (κ1) is 22.2. The number of guanidine groups is 1. The molecular formula is C22H39N5O2S. The number of carbonyl (C=O) groups excluding carboxylic acids is 1. The molecule has 4 fully saturated rings. The van der Waals surface area contributed by atoms with E-state index in [0.29, 0.717) is 11.9 Å². The van der Waals surface area contributed by atoms with Gasteiger partial charge in [0.1, 0.15) is 0 Å². The Hall–Kier alpha value is -0.990. The molecule has 0 radical (unpaired) electrons. The van der Waals surface area contributed by atoms with Crippen LogP contribution in [0.15, 0.2) is 4.99 Å². The third-order valence-corrected chi connectivity index (χ3v) is 8.60. The predicted octanol–water partition coefficient (Wildman–Crippen LogP) is 1.54. The van der Waals surface area contributed by atoms with Gasteiger partial charge in [0.2, 0.25) is 5.91 Å². The van der Waals surface area contributed by atoms with Crippen molar-refractivity contribution in [1.29, 1.82) is 0 Å². The van der Waals surface area contributed by atoms with Gasteiger partial charge in [0, 0.05) is 63.0 Å². The molecule has 1 amide bonds. The molecule has 0 aromatic rings. The summed E-state index contributed by atoms with van der Waals surface area (Å²) in [5.41, 5.74) is 0.199. The zero-order valence-electron chi connectivity index (χ0n) is 18.5. The van der Waals surface area contributed by atoms with Crippen LogP contribution in [0.25, 0.3) is 0 Å². The smallest absolute Gasteiger partial charge is 0.225 e. The normalized spacial score (nSPS) is 31.8. The van der Waals surface area contributed by atoms with Crippen LogP contribution < -0.4 is 10.6 Å². The Balaban J connectivity index is 1.27. The van der Waals surface area contributed by atoms with E-state index >= 15 is 0 Å². The van der Waals surface area contributed by atoms with Gasteiger partial charge in [-0.3, -0.25) is 14.7 Å². The van der Waals surface area contributed by atoms with Gasteiger partial charge in [-0.2, -0.15) is 11.8 Å². The van der Waals surface area contributed by atoms with Crippen molar-refractivity contribution in [1.82, 2.24) is 20.4 Å². The summed E-state index contributed by atoms with van der Waals surface area (Å²) in [6.07, 6.45) is 8.10. The van der Waals surface area contributed by atoms with Gasteiger partial charge in [0.25, 0.3) is 0 Å². The molecule has 3 aliphatic heterocycles. The molecule has 1 aliphatic carbocycles. The van der Waals surface area contributed by atoms with Crippen molar-refractivity contribution in [2.75, 3.05) is 64.5 Å². The summed E-state index contributed by atoms with van der Waals surface area (Å²) in [5, 5.41) is 7.22. The lowest BCUT2D eigenvalue weighted by molar-refractivity contribution is -0.135. The second-order valence-electron chi connectivity index (χ2n) is 9.30. The monoisotopic (exact) mass is 437 g/mol. The van der Waals surface area contributed by atoms with Crippen LogP contribution in [0, 0.1) is 5.92 Å². The van der Waals surface area contributed by atoms with Crippen molar-refractivity contribution in [3.8, 4) is 0 Å². The van der Waals surface area contributed by atoms with E-state index in [2.05, 4.69) is 37.2 Å². The number of morpholine rings is 1. The maximum Gasteiger partial charge on any atom is 0.225 e. The maximum atomic E-state index is 12.9. The second kappa shape index (κ2) is 10.6. The fourth-order valence-electron chi connectivity index (χ4n) is 5.46. The fraction of sp³-hybridized carbons (Fsp3) is 0.909. The Kier molecular flexibility index (Phi) is 7.81. The average molecular weight is 438 g/mol. The highest BCUT2D eigenvalue weighted by molar-refractivity contribution is 7.99. The molecule has 0 bridgehead atoms. The van der Waals surface area contributed by atoms with E-state index in [0.717, 1.165) is 71.2 Å². The first-order valence-electron chi connectivity index (χ1n) is 11.9. The van der Waals surface area contributed by atoms with E-state index in [-0.39, 0.29) is 11.5 Å². The topological polar surface area (TPSA) is 69.2 Å². The lowest BCUT2D eigenvalue weighted by Crippen LogP contribution is -2.60. The van der Waals surface area contributed by atoms with Gasteiger partial charge in [0.15, 0.2) is 5.96 Å². The minimum atomic E-state index is 0.199. The van der Waals surface area contributed by atoms with Gasteiger partial charge in [0.05, 0.1) is 13.2 Å². The zero-order chi connectivity index (χ0) is 20.8. The number of hydrogen-bond acceptors (Lipinski definition) is 5. The molecule has 7 nitrogen and oxygen atoms in total. The Morgan fingerprint density at radius 2 is 1.97 bits per heavy atom. The van der Waals surface area contributed by atoms with Crippen LogP contribution in [0.3, 0.4) is 0 Å². The van der Waals surface area contributed by atoms with Crippen LogP contribution in [0.1, 0.15) is 44.9 Å². The summed E-state index contributed by atoms with van der Waals surface area (Å²) in [7, 11) is 1.85. The van der Waals surface area contributed by atoms with Crippen molar-refractivity contribution in [2.24, 2.45) is 10.9 Å². The number of nitrogens with one attached hydrogen (secondary N) is 2.